The van der Waals surface area contributed by atoms with Crippen LogP contribution in [0.3, 0.4) is 0 Å². The number of sulfonamides is 1. The molecule has 0 radical (unpaired) electrons. The fraction of sp³-hybridized carbons (Fsp3) is 0.955. The summed E-state index contributed by atoms with van der Waals surface area (Å²) in [6, 6.07) is 0.121. The van der Waals surface area contributed by atoms with Gasteiger partial charge >= 0.3 is 6.09 Å². The predicted octanol–water partition coefficient (Wildman–Crippen LogP) is 3.21. The molecule has 0 bridgehead atoms. The highest BCUT2D eigenvalue weighted by atomic mass is 32.2. The second-order valence-electron chi connectivity index (χ2n) is 10.7. The molecule has 2 heterocycles. The fourth-order valence-corrected chi connectivity index (χ4v) is 6.14. The Hall–Kier alpha value is -0.860. The molecular weight excluding hydrogens is 402 g/mol. The van der Waals surface area contributed by atoms with Crippen molar-refractivity contribution in [1.29, 1.82) is 0 Å². The van der Waals surface area contributed by atoms with E-state index in [-0.39, 0.29) is 17.9 Å². The molecule has 3 aliphatic rings. The number of nitrogens with zero attached hydrogens (tertiary/aromatic N) is 2. The second kappa shape index (κ2) is 9.33. The number of hydrogen-bond acceptors (Lipinski definition) is 5. The third-order valence-corrected chi connectivity index (χ3v) is 8.60. The van der Waals surface area contributed by atoms with Crippen LogP contribution in [0, 0.1) is 11.3 Å². The second-order valence-corrected chi connectivity index (χ2v) is 12.7. The Morgan fingerprint density at radius 3 is 2.27 bits per heavy atom. The molecule has 1 spiro atoms. The first-order chi connectivity index (χ1) is 14.0. The van der Waals surface area contributed by atoms with E-state index in [1.807, 2.05) is 25.7 Å². The van der Waals surface area contributed by atoms with Gasteiger partial charge in [-0.05, 0) is 97.1 Å². The van der Waals surface area contributed by atoms with Gasteiger partial charge in [0.15, 0.2) is 0 Å². The third-order valence-electron chi connectivity index (χ3n) is 7.14. The first-order valence-corrected chi connectivity index (χ1v) is 13.3. The van der Waals surface area contributed by atoms with Gasteiger partial charge in [-0.1, -0.05) is 0 Å². The number of piperidine rings is 1. The van der Waals surface area contributed by atoms with E-state index in [0.29, 0.717) is 11.3 Å². The molecule has 0 aromatic rings. The monoisotopic (exact) mass is 443 g/mol. The molecule has 1 saturated carbocycles. The smallest absolute Gasteiger partial charge is 0.410 e. The topological polar surface area (TPSA) is 79.0 Å². The number of hydrogen-bond donors (Lipinski definition) is 1. The summed E-state index contributed by atoms with van der Waals surface area (Å²) in [7, 11) is -3.10. The van der Waals surface area contributed by atoms with E-state index >= 15 is 0 Å². The van der Waals surface area contributed by atoms with Gasteiger partial charge in [-0.2, -0.15) is 0 Å². The van der Waals surface area contributed by atoms with Crippen LogP contribution < -0.4 is 4.72 Å². The summed E-state index contributed by atoms with van der Waals surface area (Å²) in [5, 5.41) is 0. The normalized spacial score (nSPS) is 26.3. The van der Waals surface area contributed by atoms with Crippen molar-refractivity contribution in [2.75, 3.05) is 38.5 Å². The summed E-state index contributed by atoms with van der Waals surface area (Å²) in [5.74, 6) is 0.696. The van der Waals surface area contributed by atoms with Gasteiger partial charge in [0.05, 0.1) is 5.75 Å². The van der Waals surface area contributed by atoms with E-state index in [0.717, 1.165) is 64.8 Å². The van der Waals surface area contributed by atoms with Gasteiger partial charge in [0.2, 0.25) is 10.0 Å². The molecule has 1 aliphatic carbocycles. The van der Waals surface area contributed by atoms with Crippen molar-refractivity contribution in [3.8, 4) is 0 Å². The molecule has 2 saturated heterocycles. The van der Waals surface area contributed by atoms with Crippen LogP contribution in [0.2, 0.25) is 0 Å². The quantitative estimate of drug-likeness (QED) is 0.706. The average molecular weight is 444 g/mol. The zero-order valence-electron chi connectivity index (χ0n) is 19.3. The lowest BCUT2D eigenvalue weighted by molar-refractivity contribution is 0.0276. The zero-order valence-corrected chi connectivity index (χ0v) is 20.1. The Kier molecular flexibility index (Phi) is 7.40. The summed E-state index contributed by atoms with van der Waals surface area (Å²) in [4.78, 5) is 16.7. The van der Waals surface area contributed by atoms with E-state index in [9.17, 15) is 13.2 Å². The Morgan fingerprint density at radius 1 is 1.07 bits per heavy atom. The van der Waals surface area contributed by atoms with E-state index in [4.69, 9.17) is 4.74 Å². The van der Waals surface area contributed by atoms with E-state index in [1.165, 1.54) is 12.8 Å². The minimum Gasteiger partial charge on any atom is -0.444 e. The van der Waals surface area contributed by atoms with Crippen molar-refractivity contribution in [3.05, 3.63) is 0 Å². The van der Waals surface area contributed by atoms with Gasteiger partial charge in [-0.15, -0.1) is 0 Å². The Morgan fingerprint density at radius 2 is 1.70 bits per heavy atom. The van der Waals surface area contributed by atoms with Crippen LogP contribution in [0.15, 0.2) is 0 Å². The lowest BCUT2D eigenvalue weighted by atomic mass is 9.67. The molecule has 1 atom stereocenters. The largest absolute Gasteiger partial charge is 0.444 e. The number of carbonyl (C=O) groups excluding carboxylic acids is 1. The Balaban J connectivity index is 1.39. The van der Waals surface area contributed by atoms with Crippen LogP contribution in [0.5, 0.6) is 0 Å². The van der Waals surface area contributed by atoms with Crippen LogP contribution in [-0.2, 0) is 14.8 Å². The summed E-state index contributed by atoms with van der Waals surface area (Å²) in [5.41, 5.74) is -0.0332. The standard InChI is InChI=1S/C22H41N3O4S/c1-5-30(27,28)23-19-6-9-22(10-7-19)11-14-24(15-12-22)16-18-8-13-25(17-18)20(26)29-21(2,3)4/h18-19,23H,5-17H2,1-4H3/t18-/m0/s1. The first-order valence-electron chi connectivity index (χ1n) is 11.7. The highest BCUT2D eigenvalue weighted by Gasteiger charge is 2.39. The van der Waals surface area contributed by atoms with Gasteiger partial charge in [0.1, 0.15) is 5.60 Å². The van der Waals surface area contributed by atoms with E-state index < -0.39 is 15.6 Å². The summed E-state index contributed by atoms with van der Waals surface area (Å²) in [6.07, 6.45) is 7.49. The van der Waals surface area contributed by atoms with Crippen LogP contribution in [0.25, 0.3) is 0 Å². The molecule has 1 N–H and O–H groups in total. The molecule has 3 rings (SSSR count). The molecule has 8 heteroatoms. The van der Waals surface area contributed by atoms with Gasteiger partial charge in [-0.3, -0.25) is 0 Å². The van der Waals surface area contributed by atoms with Crippen molar-refractivity contribution in [3.63, 3.8) is 0 Å². The van der Waals surface area contributed by atoms with E-state index in [2.05, 4.69) is 9.62 Å². The SMILES string of the molecule is CCS(=O)(=O)NC1CCC2(CC1)CCN(C[C@@H]1CCN(C(=O)OC(C)(C)C)C1)CC2. The molecule has 0 aromatic heterocycles. The Bertz CT molecular complexity index is 686. The zero-order chi connectivity index (χ0) is 22.0. The lowest BCUT2D eigenvalue weighted by Crippen LogP contribution is -2.47. The maximum atomic E-state index is 12.3. The highest BCUT2D eigenvalue weighted by molar-refractivity contribution is 7.89. The fourth-order valence-electron chi connectivity index (χ4n) is 5.23. The number of nitrogens with one attached hydrogen (secondary N) is 1. The summed E-state index contributed by atoms with van der Waals surface area (Å²) >= 11 is 0. The molecule has 3 fully saturated rings. The summed E-state index contributed by atoms with van der Waals surface area (Å²) < 4.78 is 32.0. The van der Waals surface area contributed by atoms with Crippen LogP contribution in [0.4, 0.5) is 4.79 Å². The van der Waals surface area contributed by atoms with Crippen molar-refractivity contribution >= 4 is 16.1 Å². The lowest BCUT2D eigenvalue weighted by Gasteiger charge is -2.46. The van der Waals surface area contributed by atoms with Gasteiger partial charge in [-0.25, -0.2) is 17.9 Å². The molecule has 7 nitrogen and oxygen atoms in total. The maximum absolute atomic E-state index is 12.3. The Labute approximate surface area is 182 Å². The molecular formula is C22H41N3O4S. The highest BCUT2D eigenvalue weighted by Crippen LogP contribution is 2.45. The molecule has 2 aliphatic heterocycles. The number of rotatable bonds is 5. The molecule has 1 amide bonds. The van der Waals surface area contributed by atoms with Crippen molar-refractivity contribution in [2.24, 2.45) is 11.3 Å². The number of ether oxygens (including phenoxy) is 1. The van der Waals surface area contributed by atoms with Gasteiger partial charge in [0.25, 0.3) is 0 Å². The number of carbonyl (C=O) groups is 1. The molecule has 0 aromatic carbocycles. The minimum atomic E-state index is -3.10. The summed E-state index contributed by atoms with van der Waals surface area (Å²) in [6.45, 7) is 12.3. The van der Waals surface area contributed by atoms with Crippen LogP contribution in [0.1, 0.15) is 72.6 Å². The van der Waals surface area contributed by atoms with Crippen molar-refractivity contribution in [2.45, 2.75) is 84.3 Å². The molecule has 30 heavy (non-hydrogen) atoms. The molecule has 0 unspecified atom stereocenters. The van der Waals surface area contributed by atoms with Crippen molar-refractivity contribution < 1.29 is 17.9 Å². The van der Waals surface area contributed by atoms with Crippen LogP contribution in [-0.4, -0.2) is 74.4 Å². The van der Waals surface area contributed by atoms with E-state index in [1.54, 1.807) is 6.92 Å². The maximum Gasteiger partial charge on any atom is 0.410 e. The first kappa shape index (κ1) is 23.8. The molecule has 174 valence electrons. The predicted molar refractivity (Wildman–Crippen MR) is 119 cm³/mol. The average Bonchev–Trinajstić information content (AvgIpc) is 3.13. The van der Waals surface area contributed by atoms with Gasteiger partial charge in [0, 0.05) is 25.7 Å². The number of likely N-dealkylation sites (tertiary alicyclic amines) is 2. The minimum absolute atomic E-state index is 0.121. The van der Waals surface area contributed by atoms with Crippen molar-refractivity contribution in [1.82, 2.24) is 14.5 Å². The number of amides is 1. The van der Waals surface area contributed by atoms with Crippen LogP contribution >= 0.6 is 0 Å². The van der Waals surface area contributed by atoms with Gasteiger partial charge < -0.3 is 14.5 Å². The third kappa shape index (κ3) is 6.57.